The third-order valence-electron chi connectivity index (χ3n) is 2.36. The van der Waals surface area contributed by atoms with Gasteiger partial charge in [0.1, 0.15) is 6.07 Å². The molecule has 1 atom stereocenters. The molecule has 3 heteroatoms. The number of hydrogen-bond donors (Lipinski definition) is 1. The van der Waals surface area contributed by atoms with Crippen LogP contribution in [-0.4, -0.2) is 17.5 Å². The average molecular weight is 234 g/mol. The number of anilines is 1. The van der Waals surface area contributed by atoms with Gasteiger partial charge < -0.3 is 5.32 Å². The first-order valence-corrected chi connectivity index (χ1v) is 6.68. The van der Waals surface area contributed by atoms with Gasteiger partial charge in [0.25, 0.3) is 0 Å². The molecule has 1 aromatic carbocycles. The summed E-state index contributed by atoms with van der Waals surface area (Å²) in [6.45, 7) is 6.34. The Morgan fingerprint density at radius 2 is 2.25 bits per heavy atom. The first-order valence-electron chi connectivity index (χ1n) is 5.53. The summed E-state index contributed by atoms with van der Waals surface area (Å²) < 4.78 is 0. The molecular weight excluding hydrogens is 216 g/mol. The molecular formula is C13H18N2S. The van der Waals surface area contributed by atoms with Gasteiger partial charge in [0.05, 0.1) is 11.3 Å². The summed E-state index contributed by atoms with van der Waals surface area (Å²) in [7, 11) is 0. The minimum atomic E-state index is 0.387. The van der Waals surface area contributed by atoms with E-state index in [2.05, 4.69) is 25.2 Å². The zero-order valence-corrected chi connectivity index (χ0v) is 10.9. The summed E-state index contributed by atoms with van der Waals surface area (Å²) in [5.74, 6) is 2.20. The monoisotopic (exact) mass is 234 g/mol. The summed E-state index contributed by atoms with van der Waals surface area (Å²) in [6, 6.07) is 8.42. The topological polar surface area (TPSA) is 35.8 Å². The third-order valence-corrected chi connectivity index (χ3v) is 3.50. The third kappa shape index (κ3) is 3.46. The van der Waals surface area contributed by atoms with Crippen LogP contribution in [0.3, 0.4) is 0 Å². The molecule has 0 aliphatic rings. The second-order valence-electron chi connectivity index (χ2n) is 3.81. The van der Waals surface area contributed by atoms with Crippen molar-refractivity contribution in [1.29, 1.82) is 5.26 Å². The Kier molecular flexibility index (Phi) is 5.21. The standard InChI is InChI=1S/C13H18N2S/c1-4-16-9-11(3)15-13-10(2)6-5-7-12(13)8-14/h5-7,11,15H,4,9H2,1-3H3. The molecule has 0 spiro atoms. The van der Waals surface area contributed by atoms with Crippen molar-refractivity contribution in [2.75, 3.05) is 16.8 Å². The molecule has 0 amide bonds. The highest BCUT2D eigenvalue weighted by molar-refractivity contribution is 7.99. The van der Waals surface area contributed by atoms with Gasteiger partial charge in [0.15, 0.2) is 0 Å². The first-order chi connectivity index (χ1) is 7.69. The summed E-state index contributed by atoms with van der Waals surface area (Å²) in [5.41, 5.74) is 2.84. The van der Waals surface area contributed by atoms with Gasteiger partial charge >= 0.3 is 0 Å². The van der Waals surface area contributed by atoms with Gasteiger partial charge in [0, 0.05) is 11.8 Å². The number of benzene rings is 1. The summed E-state index contributed by atoms with van der Waals surface area (Å²) in [4.78, 5) is 0. The molecule has 1 rings (SSSR count). The number of thioether (sulfide) groups is 1. The minimum absolute atomic E-state index is 0.387. The Labute approximate surface area is 102 Å². The molecule has 0 aromatic heterocycles. The fourth-order valence-electron chi connectivity index (χ4n) is 1.54. The quantitative estimate of drug-likeness (QED) is 0.848. The van der Waals surface area contributed by atoms with E-state index in [9.17, 15) is 0 Å². The highest BCUT2D eigenvalue weighted by atomic mass is 32.2. The van der Waals surface area contributed by atoms with E-state index < -0.39 is 0 Å². The van der Waals surface area contributed by atoms with Crippen LogP contribution in [0.2, 0.25) is 0 Å². The van der Waals surface area contributed by atoms with E-state index in [1.165, 1.54) is 0 Å². The lowest BCUT2D eigenvalue weighted by Crippen LogP contribution is -2.19. The van der Waals surface area contributed by atoms with Gasteiger partial charge in [-0.3, -0.25) is 0 Å². The van der Waals surface area contributed by atoms with Gasteiger partial charge in [-0.25, -0.2) is 0 Å². The number of aryl methyl sites for hydroxylation is 1. The first kappa shape index (κ1) is 12.9. The van der Waals surface area contributed by atoms with Crippen molar-refractivity contribution in [2.24, 2.45) is 0 Å². The lowest BCUT2D eigenvalue weighted by Gasteiger charge is -2.17. The van der Waals surface area contributed by atoms with Crippen LogP contribution < -0.4 is 5.32 Å². The molecule has 0 bridgehead atoms. The Morgan fingerprint density at radius 1 is 1.50 bits per heavy atom. The number of para-hydroxylation sites is 1. The maximum atomic E-state index is 9.04. The van der Waals surface area contributed by atoms with Crippen molar-refractivity contribution >= 4 is 17.4 Å². The lowest BCUT2D eigenvalue weighted by atomic mass is 10.1. The van der Waals surface area contributed by atoms with Crippen LogP contribution in [0, 0.1) is 18.3 Å². The average Bonchev–Trinajstić information content (AvgIpc) is 2.29. The van der Waals surface area contributed by atoms with Gasteiger partial charge in [0.2, 0.25) is 0 Å². The Bertz CT molecular complexity index is 382. The summed E-state index contributed by atoms with van der Waals surface area (Å²) in [5, 5.41) is 12.5. The zero-order valence-electron chi connectivity index (χ0n) is 10.1. The molecule has 0 saturated heterocycles. The van der Waals surface area contributed by atoms with E-state index in [0.29, 0.717) is 6.04 Å². The van der Waals surface area contributed by atoms with Gasteiger partial charge in [-0.1, -0.05) is 19.1 Å². The molecule has 1 unspecified atom stereocenters. The largest absolute Gasteiger partial charge is 0.380 e. The Morgan fingerprint density at radius 3 is 2.88 bits per heavy atom. The van der Waals surface area contributed by atoms with Crippen LogP contribution in [0.15, 0.2) is 18.2 Å². The highest BCUT2D eigenvalue weighted by Gasteiger charge is 2.08. The molecule has 0 aliphatic carbocycles. The second kappa shape index (κ2) is 6.44. The van der Waals surface area contributed by atoms with Crippen LogP contribution in [0.25, 0.3) is 0 Å². The van der Waals surface area contributed by atoms with E-state index in [1.807, 2.05) is 36.9 Å². The van der Waals surface area contributed by atoms with Gasteiger partial charge in [-0.2, -0.15) is 17.0 Å². The molecule has 0 fully saturated rings. The number of hydrogen-bond acceptors (Lipinski definition) is 3. The van der Waals surface area contributed by atoms with Gasteiger partial charge in [-0.05, 0) is 31.2 Å². The maximum Gasteiger partial charge on any atom is 0.101 e. The van der Waals surface area contributed by atoms with Crippen molar-refractivity contribution in [3.8, 4) is 6.07 Å². The van der Waals surface area contributed by atoms with Crippen molar-refractivity contribution in [1.82, 2.24) is 0 Å². The number of rotatable bonds is 5. The number of nitriles is 1. The molecule has 2 nitrogen and oxygen atoms in total. The fraction of sp³-hybridized carbons (Fsp3) is 0.462. The molecule has 0 saturated carbocycles. The predicted octanol–water partition coefficient (Wildman–Crippen LogP) is 3.42. The van der Waals surface area contributed by atoms with Crippen LogP contribution >= 0.6 is 11.8 Å². The van der Waals surface area contributed by atoms with E-state index in [1.54, 1.807) is 0 Å². The minimum Gasteiger partial charge on any atom is -0.380 e. The Hall–Kier alpha value is -1.14. The van der Waals surface area contributed by atoms with Crippen LogP contribution in [0.1, 0.15) is 25.0 Å². The van der Waals surface area contributed by atoms with E-state index in [-0.39, 0.29) is 0 Å². The number of nitrogens with one attached hydrogen (secondary N) is 1. The highest BCUT2D eigenvalue weighted by Crippen LogP contribution is 2.21. The van der Waals surface area contributed by atoms with E-state index in [4.69, 9.17) is 5.26 Å². The smallest absolute Gasteiger partial charge is 0.101 e. The number of nitrogens with zero attached hydrogens (tertiary/aromatic N) is 1. The second-order valence-corrected chi connectivity index (χ2v) is 5.13. The van der Waals surface area contributed by atoms with Crippen LogP contribution in [0.4, 0.5) is 5.69 Å². The predicted molar refractivity (Wildman–Crippen MR) is 72.0 cm³/mol. The molecule has 86 valence electrons. The zero-order chi connectivity index (χ0) is 12.0. The summed E-state index contributed by atoms with van der Waals surface area (Å²) >= 11 is 1.91. The molecule has 0 heterocycles. The molecule has 0 radical (unpaired) electrons. The fourth-order valence-corrected chi connectivity index (χ4v) is 2.21. The molecule has 1 aromatic rings. The van der Waals surface area contributed by atoms with Crippen LogP contribution in [-0.2, 0) is 0 Å². The Balaban J connectivity index is 2.76. The van der Waals surface area contributed by atoms with Gasteiger partial charge in [-0.15, -0.1) is 0 Å². The van der Waals surface area contributed by atoms with Crippen molar-refractivity contribution in [3.63, 3.8) is 0 Å². The van der Waals surface area contributed by atoms with E-state index in [0.717, 1.165) is 28.3 Å². The molecule has 1 N–H and O–H groups in total. The van der Waals surface area contributed by atoms with Crippen molar-refractivity contribution < 1.29 is 0 Å². The maximum absolute atomic E-state index is 9.04. The van der Waals surface area contributed by atoms with E-state index >= 15 is 0 Å². The normalized spacial score (nSPS) is 11.9. The van der Waals surface area contributed by atoms with Crippen molar-refractivity contribution in [2.45, 2.75) is 26.8 Å². The SMILES string of the molecule is CCSCC(C)Nc1c(C)cccc1C#N. The lowest BCUT2D eigenvalue weighted by molar-refractivity contribution is 0.910. The summed E-state index contributed by atoms with van der Waals surface area (Å²) in [6.07, 6.45) is 0. The van der Waals surface area contributed by atoms with Crippen molar-refractivity contribution in [3.05, 3.63) is 29.3 Å². The molecule has 16 heavy (non-hydrogen) atoms. The molecule has 0 aliphatic heterocycles. The van der Waals surface area contributed by atoms with Crippen LogP contribution in [0.5, 0.6) is 0 Å².